The maximum Gasteiger partial charge on any atom is 0.0395 e. The fourth-order valence-corrected chi connectivity index (χ4v) is 3.97. The summed E-state index contributed by atoms with van der Waals surface area (Å²) in [5, 5.41) is 0. The standard InChI is InChI=1S/C26H47N/c1-4-6-8-10-12-14-16-20-24-27(26-22-18-17-21-25(26)3)23-19-15-13-11-9-7-5-2/h17-18,21-22H,4-16,19-20,23-24H2,1-3H3. The van der Waals surface area contributed by atoms with Crippen LogP contribution < -0.4 is 4.90 Å². The second-order valence-corrected chi connectivity index (χ2v) is 8.37. The molecule has 0 amide bonds. The van der Waals surface area contributed by atoms with Crippen LogP contribution in [0.15, 0.2) is 24.3 Å². The summed E-state index contributed by atoms with van der Waals surface area (Å²) in [6.45, 7) is 9.32. The first-order valence-corrected chi connectivity index (χ1v) is 12.1. The first-order chi connectivity index (χ1) is 13.3. The Kier molecular flexibility index (Phi) is 15.3. The van der Waals surface area contributed by atoms with Gasteiger partial charge in [0.05, 0.1) is 0 Å². The molecule has 0 spiro atoms. The van der Waals surface area contributed by atoms with E-state index in [9.17, 15) is 0 Å². The molecule has 0 saturated carbocycles. The van der Waals surface area contributed by atoms with Gasteiger partial charge in [0.15, 0.2) is 0 Å². The van der Waals surface area contributed by atoms with Gasteiger partial charge in [0.25, 0.3) is 0 Å². The van der Waals surface area contributed by atoms with Crippen LogP contribution >= 0.6 is 0 Å². The van der Waals surface area contributed by atoms with Crippen LogP contribution in [0.4, 0.5) is 5.69 Å². The van der Waals surface area contributed by atoms with Gasteiger partial charge in [-0.15, -0.1) is 0 Å². The summed E-state index contributed by atoms with van der Waals surface area (Å²) in [7, 11) is 0. The van der Waals surface area contributed by atoms with E-state index in [1.165, 1.54) is 121 Å². The zero-order valence-electron chi connectivity index (χ0n) is 18.8. The minimum atomic E-state index is 1.23. The molecule has 0 N–H and O–H groups in total. The molecule has 1 aromatic carbocycles. The third kappa shape index (κ3) is 12.2. The number of rotatable bonds is 18. The summed E-state index contributed by atoms with van der Waals surface area (Å²) < 4.78 is 0. The number of aryl methyl sites for hydroxylation is 1. The molecule has 0 atom stereocenters. The Morgan fingerprint density at radius 1 is 0.556 bits per heavy atom. The van der Waals surface area contributed by atoms with Crippen molar-refractivity contribution in [2.75, 3.05) is 18.0 Å². The third-order valence-electron chi connectivity index (χ3n) is 5.77. The molecule has 1 heteroatoms. The average Bonchev–Trinajstić information content (AvgIpc) is 2.68. The third-order valence-corrected chi connectivity index (χ3v) is 5.77. The SMILES string of the molecule is CCCCCCCCCCN(CCCCCCCCC)c1ccccc1C. The summed E-state index contributed by atoms with van der Waals surface area (Å²) in [6.07, 6.45) is 21.0. The molecule has 1 aromatic rings. The van der Waals surface area contributed by atoms with E-state index in [1.807, 2.05) is 0 Å². The Morgan fingerprint density at radius 2 is 0.963 bits per heavy atom. The van der Waals surface area contributed by atoms with Crippen LogP contribution in [0.1, 0.15) is 116 Å². The number of para-hydroxylation sites is 1. The van der Waals surface area contributed by atoms with Crippen molar-refractivity contribution in [1.82, 2.24) is 0 Å². The van der Waals surface area contributed by atoms with Gasteiger partial charge >= 0.3 is 0 Å². The molecule has 1 rings (SSSR count). The van der Waals surface area contributed by atoms with E-state index in [-0.39, 0.29) is 0 Å². The van der Waals surface area contributed by atoms with Gasteiger partial charge in [0.2, 0.25) is 0 Å². The van der Waals surface area contributed by atoms with E-state index in [0.717, 1.165) is 0 Å². The lowest BCUT2D eigenvalue weighted by molar-refractivity contribution is 0.558. The Labute approximate surface area is 170 Å². The fraction of sp³-hybridized carbons (Fsp3) is 0.769. The summed E-state index contributed by atoms with van der Waals surface area (Å²) >= 11 is 0. The zero-order valence-corrected chi connectivity index (χ0v) is 18.8. The molecule has 1 nitrogen and oxygen atoms in total. The van der Waals surface area contributed by atoms with Gasteiger partial charge in [-0.25, -0.2) is 0 Å². The highest BCUT2D eigenvalue weighted by molar-refractivity contribution is 5.52. The van der Waals surface area contributed by atoms with Crippen molar-refractivity contribution in [1.29, 1.82) is 0 Å². The molecule has 0 saturated heterocycles. The van der Waals surface area contributed by atoms with E-state index in [2.05, 4.69) is 49.9 Å². The highest BCUT2D eigenvalue weighted by atomic mass is 15.1. The van der Waals surface area contributed by atoms with Crippen molar-refractivity contribution < 1.29 is 0 Å². The van der Waals surface area contributed by atoms with Gasteiger partial charge in [-0.2, -0.15) is 0 Å². The molecule has 0 aliphatic rings. The lowest BCUT2D eigenvalue weighted by atomic mass is 10.1. The molecule has 0 radical (unpaired) electrons. The molecule has 0 aliphatic heterocycles. The molecule has 0 aliphatic carbocycles. The lowest BCUT2D eigenvalue weighted by Gasteiger charge is -2.26. The highest BCUT2D eigenvalue weighted by Crippen LogP contribution is 2.21. The van der Waals surface area contributed by atoms with Gasteiger partial charge in [0, 0.05) is 18.8 Å². The molecule has 0 unspecified atom stereocenters. The Balaban J connectivity index is 2.29. The maximum atomic E-state index is 2.67. The van der Waals surface area contributed by atoms with Gasteiger partial charge in [-0.1, -0.05) is 116 Å². The van der Waals surface area contributed by atoms with Crippen LogP contribution in [0.5, 0.6) is 0 Å². The Hall–Kier alpha value is -0.980. The molecule has 0 heterocycles. The molecule has 0 bridgehead atoms. The lowest BCUT2D eigenvalue weighted by Crippen LogP contribution is -2.26. The second-order valence-electron chi connectivity index (χ2n) is 8.37. The average molecular weight is 374 g/mol. The van der Waals surface area contributed by atoms with E-state index in [4.69, 9.17) is 0 Å². The van der Waals surface area contributed by atoms with E-state index in [0.29, 0.717) is 0 Å². The monoisotopic (exact) mass is 373 g/mol. The van der Waals surface area contributed by atoms with E-state index >= 15 is 0 Å². The van der Waals surface area contributed by atoms with E-state index in [1.54, 1.807) is 0 Å². The van der Waals surface area contributed by atoms with Gasteiger partial charge < -0.3 is 4.90 Å². The molecule has 156 valence electrons. The highest BCUT2D eigenvalue weighted by Gasteiger charge is 2.08. The van der Waals surface area contributed by atoms with Crippen LogP contribution in [0.25, 0.3) is 0 Å². The number of unbranched alkanes of at least 4 members (excludes halogenated alkanes) is 13. The fourth-order valence-electron chi connectivity index (χ4n) is 3.97. The molecular weight excluding hydrogens is 326 g/mol. The minimum absolute atomic E-state index is 1.23. The van der Waals surface area contributed by atoms with Crippen molar-refractivity contribution in [3.05, 3.63) is 29.8 Å². The molecule has 0 fully saturated rings. The number of hydrogen-bond donors (Lipinski definition) is 0. The Morgan fingerprint density at radius 3 is 1.41 bits per heavy atom. The van der Waals surface area contributed by atoms with Crippen molar-refractivity contribution in [3.63, 3.8) is 0 Å². The van der Waals surface area contributed by atoms with Gasteiger partial charge in [0.1, 0.15) is 0 Å². The molecule has 27 heavy (non-hydrogen) atoms. The van der Waals surface area contributed by atoms with Crippen molar-refractivity contribution in [2.24, 2.45) is 0 Å². The topological polar surface area (TPSA) is 3.24 Å². The minimum Gasteiger partial charge on any atom is -0.371 e. The number of anilines is 1. The normalized spacial score (nSPS) is 11.1. The van der Waals surface area contributed by atoms with Crippen molar-refractivity contribution >= 4 is 5.69 Å². The summed E-state index contributed by atoms with van der Waals surface area (Å²) in [5.74, 6) is 0. The smallest absolute Gasteiger partial charge is 0.0395 e. The second kappa shape index (κ2) is 17.1. The van der Waals surface area contributed by atoms with Crippen LogP contribution in [-0.2, 0) is 0 Å². The van der Waals surface area contributed by atoms with Crippen LogP contribution in [0.2, 0.25) is 0 Å². The zero-order chi connectivity index (χ0) is 19.6. The summed E-state index contributed by atoms with van der Waals surface area (Å²) in [5.41, 5.74) is 2.89. The van der Waals surface area contributed by atoms with Crippen LogP contribution in [0, 0.1) is 6.92 Å². The number of benzene rings is 1. The Bertz CT molecular complexity index is 440. The molecular formula is C26H47N. The number of nitrogens with zero attached hydrogens (tertiary/aromatic N) is 1. The van der Waals surface area contributed by atoms with Gasteiger partial charge in [-0.05, 0) is 31.4 Å². The van der Waals surface area contributed by atoms with Crippen LogP contribution in [0.3, 0.4) is 0 Å². The van der Waals surface area contributed by atoms with Crippen molar-refractivity contribution in [2.45, 2.75) is 117 Å². The first-order valence-electron chi connectivity index (χ1n) is 12.1. The molecule has 0 aromatic heterocycles. The van der Waals surface area contributed by atoms with Crippen LogP contribution in [-0.4, -0.2) is 13.1 Å². The largest absolute Gasteiger partial charge is 0.371 e. The predicted molar refractivity (Wildman–Crippen MR) is 124 cm³/mol. The summed E-state index contributed by atoms with van der Waals surface area (Å²) in [4.78, 5) is 2.67. The number of hydrogen-bond acceptors (Lipinski definition) is 1. The maximum absolute atomic E-state index is 2.67. The quantitative estimate of drug-likeness (QED) is 0.233. The van der Waals surface area contributed by atoms with Crippen molar-refractivity contribution in [3.8, 4) is 0 Å². The summed E-state index contributed by atoms with van der Waals surface area (Å²) in [6, 6.07) is 8.96. The predicted octanol–water partition coefficient (Wildman–Crippen LogP) is 8.69. The van der Waals surface area contributed by atoms with Gasteiger partial charge in [-0.3, -0.25) is 0 Å². The first kappa shape index (κ1) is 24.1. The van der Waals surface area contributed by atoms with E-state index < -0.39 is 0 Å².